The lowest BCUT2D eigenvalue weighted by Crippen LogP contribution is -2.18. The van der Waals surface area contributed by atoms with Gasteiger partial charge in [0.05, 0.1) is 5.69 Å². The van der Waals surface area contributed by atoms with Crippen molar-refractivity contribution >= 4 is 11.8 Å². The highest BCUT2D eigenvalue weighted by Gasteiger charge is 2.22. The van der Waals surface area contributed by atoms with Crippen LogP contribution in [0.25, 0.3) is 17.1 Å². The normalized spacial score (nSPS) is 11.0. The van der Waals surface area contributed by atoms with Crippen molar-refractivity contribution in [2.75, 3.05) is 0 Å². The lowest BCUT2D eigenvalue weighted by molar-refractivity contribution is 0.0982. The van der Waals surface area contributed by atoms with E-state index in [2.05, 4.69) is 10.1 Å². The largest absolute Gasteiger partial charge is 0.364 e. The van der Waals surface area contributed by atoms with Crippen LogP contribution in [0.1, 0.15) is 26.7 Å². The number of carbonyl (C=O) groups excluding carboxylic acids is 2. The molecule has 24 heavy (non-hydrogen) atoms. The van der Waals surface area contributed by atoms with Crippen LogP contribution in [0.4, 0.5) is 0 Å². The van der Waals surface area contributed by atoms with E-state index >= 15 is 0 Å². The van der Waals surface area contributed by atoms with E-state index in [1.54, 1.807) is 35.6 Å². The van der Waals surface area contributed by atoms with Gasteiger partial charge >= 0.3 is 0 Å². The Balaban J connectivity index is 2.22. The number of hydrogen-bond donors (Lipinski definition) is 2. The number of rotatable bonds is 4. The minimum atomic E-state index is -0.654. The Hall–Kier alpha value is -3.36. The Morgan fingerprint density at radius 2 is 1.83 bits per heavy atom. The zero-order chi connectivity index (χ0) is 17.6. The van der Waals surface area contributed by atoms with Crippen LogP contribution in [-0.2, 0) is 14.1 Å². The van der Waals surface area contributed by atoms with Crippen LogP contribution in [0.2, 0.25) is 0 Å². The fourth-order valence-electron chi connectivity index (χ4n) is 2.70. The minimum Gasteiger partial charge on any atom is -0.364 e. The molecule has 3 aromatic heterocycles. The van der Waals surface area contributed by atoms with Gasteiger partial charge in [-0.3, -0.25) is 18.8 Å². The molecular formula is C15H17N7O2. The molecule has 0 aliphatic carbocycles. The Morgan fingerprint density at radius 3 is 2.33 bits per heavy atom. The molecule has 0 atom stereocenters. The standard InChI is InChI=1S/C15H17N7O2/c1-8-9(10-4-5-21(3)19-10)6-22(12(8)13(16)23)11-7-20(2)15(18-11)14(17)24/h4-7H,1-3H3,(H2,16,23)(H2,17,24). The van der Waals surface area contributed by atoms with Gasteiger partial charge in [0, 0.05) is 38.2 Å². The van der Waals surface area contributed by atoms with Crippen molar-refractivity contribution in [3.8, 4) is 17.1 Å². The molecule has 0 saturated carbocycles. The number of hydrogen-bond acceptors (Lipinski definition) is 4. The zero-order valence-corrected chi connectivity index (χ0v) is 13.5. The van der Waals surface area contributed by atoms with Crippen LogP contribution < -0.4 is 11.5 Å². The maximum absolute atomic E-state index is 11.9. The fourth-order valence-corrected chi connectivity index (χ4v) is 2.70. The van der Waals surface area contributed by atoms with E-state index in [0.29, 0.717) is 17.1 Å². The van der Waals surface area contributed by atoms with Crippen LogP contribution in [-0.4, -0.2) is 35.7 Å². The Kier molecular flexibility index (Phi) is 3.48. The maximum Gasteiger partial charge on any atom is 0.284 e. The van der Waals surface area contributed by atoms with Crippen molar-refractivity contribution in [1.82, 2.24) is 23.9 Å². The average Bonchev–Trinajstić information content (AvgIpc) is 3.15. The second-order valence-corrected chi connectivity index (χ2v) is 5.52. The van der Waals surface area contributed by atoms with Gasteiger partial charge in [0.25, 0.3) is 11.8 Å². The molecule has 0 unspecified atom stereocenters. The summed E-state index contributed by atoms with van der Waals surface area (Å²) >= 11 is 0. The van der Waals surface area contributed by atoms with Crippen LogP contribution in [0.3, 0.4) is 0 Å². The van der Waals surface area contributed by atoms with Crippen molar-refractivity contribution in [3.63, 3.8) is 0 Å². The summed E-state index contributed by atoms with van der Waals surface area (Å²) in [4.78, 5) is 27.5. The molecule has 4 N–H and O–H groups in total. The van der Waals surface area contributed by atoms with Gasteiger partial charge in [-0.25, -0.2) is 4.98 Å². The fraction of sp³-hybridized carbons (Fsp3) is 0.200. The molecule has 0 fully saturated rings. The Bertz CT molecular complexity index is 961. The smallest absolute Gasteiger partial charge is 0.284 e. The predicted molar refractivity (Wildman–Crippen MR) is 86.5 cm³/mol. The Morgan fingerprint density at radius 1 is 1.12 bits per heavy atom. The second kappa shape index (κ2) is 5.37. The second-order valence-electron chi connectivity index (χ2n) is 5.52. The monoisotopic (exact) mass is 327 g/mol. The highest BCUT2D eigenvalue weighted by molar-refractivity contribution is 5.96. The minimum absolute atomic E-state index is 0.0890. The van der Waals surface area contributed by atoms with Gasteiger partial charge < -0.3 is 16.0 Å². The summed E-state index contributed by atoms with van der Waals surface area (Å²) in [6.07, 6.45) is 5.14. The highest BCUT2D eigenvalue weighted by atomic mass is 16.1. The number of primary amides is 2. The van der Waals surface area contributed by atoms with Gasteiger partial charge in [0.15, 0.2) is 5.82 Å². The lowest BCUT2D eigenvalue weighted by atomic mass is 10.1. The molecule has 3 rings (SSSR count). The van der Waals surface area contributed by atoms with Crippen molar-refractivity contribution in [2.45, 2.75) is 6.92 Å². The molecule has 0 spiro atoms. The van der Waals surface area contributed by atoms with E-state index in [9.17, 15) is 9.59 Å². The number of aromatic nitrogens is 5. The molecule has 3 heterocycles. The molecule has 0 aromatic carbocycles. The first-order valence-corrected chi connectivity index (χ1v) is 7.15. The first-order valence-electron chi connectivity index (χ1n) is 7.15. The molecule has 9 heteroatoms. The summed E-state index contributed by atoms with van der Waals surface area (Å²) in [5, 5.41) is 4.35. The van der Waals surface area contributed by atoms with E-state index in [4.69, 9.17) is 11.5 Å². The lowest BCUT2D eigenvalue weighted by Gasteiger charge is -2.03. The summed E-state index contributed by atoms with van der Waals surface area (Å²) in [5.41, 5.74) is 13.3. The molecule has 2 amide bonds. The molecule has 3 aromatic rings. The average molecular weight is 327 g/mol. The maximum atomic E-state index is 11.9. The van der Waals surface area contributed by atoms with Crippen LogP contribution in [0.5, 0.6) is 0 Å². The number of nitrogens with zero attached hydrogens (tertiary/aromatic N) is 5. The molecule has 0 radical (unpaired) electrons. The van der Waals surface area contributed by atoms with E-state index < -0.39 is 11.8 Å². The number of carbonyl (C=O) groups is 2. The van der Waals surface area contributed by atoms with Gasteiger partial charge in [0.2, 0.25) is 5.82 Å². The van der Waals surface area contributed by atoms with Gasteiger partial charge in [-0.2, -0.15) is 5.10 Å². The molecule has 0 bridgehead atoms. The van der Waals surface area contributed by atoms with Gasteiger partial charge in [-0.1, -0.05) is 0 Å². The van der Waals surface area contributed by atoms with Crippen molar-refractivity contribution in [2.24, 2.45) is 25.6 Å². The third kappa shape index (κ3) is 2.35. The topological polar surface area (TPSA) is 127 Å². The molecule has 9 nitrogen and oxygen atoms in total. The van der Waals surface area contributed by atoms with E-state index in [-0.39, 0.29) is 11.5 Å². The van der Waals surface area contributed by atoms with E-state index in [1.807, 2.05) is 19.3 Å². The van der Waals surface area contributed by atoms with Crippen molar-refractivity contribution < 1.29 is 9.59 Å². The summed E-state index contributed by atoms with van der Waals surface area (Å²) in [6, 6.07) is 1.84. The van der Waals surface area contributed by atoms with E-state index in [1.165, 1.54) is 4.57 Å². The SMILES string of the molecule is Cc1c(-c2ccn(C)n2)cn(-c2cn(C)c(C(N)=O)n2)c1C(N)=O. The summed E-state index contributed by atoms with van der Waals surface area (Å²) in [5.74, 6) is -0.782. The molecule has 124 valence electrons. The molecule has 0 aliphatic rings. The van der Waals surface area contributed by atoms with E-state index in [0.717, 1.165) is 5.56 Å². The van der Waals surface area contributed by atoms with Crippen molar-refractivity contribution in [1.29, 1.82) is 0 Å². The van der Waals surface area contributed by atoms with Crippen LogP contribution in [0.15, 0.2) is 24.7 Å². The number of aryl methyl sites for hydroxylation is 2. The van der Waals surface area contributed by atoms with Gasteiger partial charge in [-0.05, 0) is 18.6 Å². The number of amides is 2. The van der Waals surface area contributed by atoms with Crippen LogP contribution in [0, 0.1) is 6.92 Å². The first-order chi connectivity index (χ1) is 11.3. The summed E-state index contributed by atoms with van der Waals surface area (Å²) in [6.45, 7) is 1.79. The quantitative estimate of drug-likeness (QED) is 0.705. The summed E-state index contributed by atoms with van der Waals surface area (Å²) < 4.78 is 4.72. The molecule has 0 aliphatic heterocycles. The Labute approximate surface area is 137 Å². The first kappa shape index (κ1) is 15.5. The van der Waals surface area contributed by atoms with Gasteiger partial charge in [0.1, 0.15) is 5.69 Å². The number of nitrogens with two attached hydrogens (primary N) is 2. The third-order valence-electron chi connectivity index (χ3n) is 3.81. The van der Waals surface area contributed by atoms with Gasteiger partial charge in [-0.15, -0.1) is 0 Å². The zero-order valence-electron chi connectivity index (χ0n) is 13.5. The molecular weight excluding hydrogens is 310 g/mol. The third-order valence-corrected chi connectivity index (χ3v) is 3.81. The molecule has 0 saturated heterocycles. The predicted octanol–water partition coefficient (Wildman–Crippen LogP) is 0.118. The highest BCUT2D eigenvalue weighted by Crippen LogP contribution is 2.28. The van der Waals surface area contributed by atoms with Crippen molar-refractivity contribution in [3.05, 3.63) is 41.7 Å². The number of imidazole rings is 1. The summed E-state index contributed by atoms with van der Waals surface area (Å²) in [7, 11) is 3.46. The van der Waals surface area contributed by atoms with Crippen LogP contribution >= 0.6 is 0 Å².